The molecule has 0 amide bonds. The van der Waals surface area contributed by atoms with Crippen LogP contribution >= 0.6 is 0 Å². The first-order valence-electron chi connectivity index (χ1n) is 9.53. The van der Waals surface area contributed by atoms with Crippen LogP contribution in [0.3, 0.4) is 0 Å². The summed E-state index contributed by atoms with van der Waals surface area (Å²) in [4.78, 5) is 8.77. The van der Waals surface area contributed by atoms with Crippen molar-refractivity contribution in [2.24, 2.45) is 5.73 Å². The fourth-order valence-corrected chi connectivity index (χ4v) is 3.32. The van der Waals surface area contributed by atoms with E-state index in [1.165, 1.54) is 6.07 Å². The van der Waals surface area contributed by atoms with Gasteiger partial charge in [-0.1, -0.05) is 37.6 Å². The van der Waals surface area contributed by atoms with E-state index in [0.717, 1.165) is 40.7 Å². The normalized spacial score (nSPS) is 12.6. The monoisotopic (exact) mass is 393 g/mol. The third-order valence-corrected chi connectivity index (χ3v) is 4.81. The molecule has 0 aliphatic rings. The highest BCUT2D eigenvalue weighted by Crippen LogP contribution is 2.26. The van der Waals surface area contributed by atoms with Crippen molar-refractivity contribution in [2.45, 2.75) is 32.2 Å². The number of nitrogens with two attached hydrogens (primary N) is 1. The summed E-state index contributed by atoms with van der Waals surface area (Å²) in [7, 11) is 0. The zero-order valence-electron chi connectivity index (χ0n) is 16.0. The highest BCUT2D eigenvalue weighted by molar-refractivity contribution is 5.84. The Bertz CT molecular complexity index is 1140. The zero-order valence-corrected chi connectivity index (χ0v) is 16.0. The van der Waals surface area contributed by atoms with Gasteiger partial charge in [0.2, 0.25) is 0 Å². The Kier molecular flexibility index (Phi) is 5.31. The van der Waals surface area contributed by atoms with Crippen molar-refractivity contribution < 1.29 is 8.78 Å². The van der Waals surface area contributed by atoms with Crippen molar-refractivity contribution in [1.29, 1.82) is 0 Å². The number of fused-ring (bicyclic) bond motifs is 1. The Balaban J connectivity index is 1.77. The minimum atomic E-state index is -2.63. The average Bonchev–Trinajstić information content (AvgIpc) is 3.17. The minimum absolute atomic E-state index is 0.101. The Hall–Kier alpha value is -3.19. The van der Waals surface area contributed by atoms with Crippen LogP contribution in [-0.4, -0.2) is 19.7 Å². The summed E-state index contributed by atoms with van der Waals surface area (Å²) in [6.07, 6.45) is 0.917. The first-order valence-corrected chi connectivity index (χ1v) is 9.53. The second kappa shape index (κ2) is 8.05. The molecule has 4 aromatic rings. The average molecular weight is 393 g/mol. The van der Waals surface area contributed by atoms with Crippen LogP contribution in [0, 0.1) is 0 Å². The number of hydrogen-bond acceptors (Lipinski definition) is 4. The molecule has 1 atom stereocenters. The lowest BCUT2D eigenvalue weighted by Gasteiger charge is -2.11. The summed E-state index contributed by atoms with van der Waals surface area (Å²) in [5.74, 6) is 0.349. The van der Waals surface area contributed by atoms with E-state index in [4.69, 9.17) is 10.7 Å². The molecular formula is C22H21F2N5. The summed E-state index contributed by atoms with van der Waals surface area (Å²) in [5.41, 5.74) is 9.27. The van der Waals surface area contributed by atoms with Gasteiger partial charge in [-0.15, -0.1) is 0 Å². The molecule has 0 saturated heterocycles. The van der Waals surface area contributed by atoms with Crippen LogP contribution in [0.15, 0.2) is 60.8 Å². The van der Waals surface area contributed by atoms with Gasteiger partial charge in [0.1, 0.15) is 5.69 Å². The van der Waals surface area contributed by atoms with E-state index in [2.05, 4.69) is 17.0 Å². The number of aromatic nitrogens is 4. The van der Waals surface area contributed by atoms with Gasteiger partial charge in [0, 0.05) is 17.0 Å². The molecule has 2 N–H and O–H groups in total. The molecule has 3 aromatic heterocycles. The van der Waals surface area contributed by atoms with E-state index in [9.17, 15) is 8.78 Å². The number of nitrogens with zero attached hydrogens (tertiary/aromatic N) is 4. The molecular weight excluding hydrogens is 372 g/mol. The standard InChI is InChI=1S/C22H21F2N5/c1-2-5-16(25)18-7-3-6-17(27-18)14-10-11-15-13-26-29(20(15)12-14)21-9-4-8-19(28-21)22(23)24/h3-4,6-13,16,22H,2,5,25H2,1H3/t16-/m0/s1. The van der Waals surface area contributed by atoms with Gasteiger partial charge in [0.05, 0.1) is 23.1 Å². The molecule has 3 heterocycles. The summed E-state index contributed by atoms with van der Waals surface area (Å²) >= 11 is 0. The van der Waals surface area contributed by atoms with Gasteiger partial charge in [-0.2, -0.15) is 5.10 Å². The fourth-order valence-electron chi connectivity index (χ4n) is 3.32. The van der Waals surface area contributed by atoms with Gasteiger partial charge in [-0.25, -0.2) is 18.4 Å². The van der Waals surface area contributed by atoms with Crippen LogP contribution in [-0.2, 0) is 0 Å². The molecule has 4 rings (SSSR count). The summed E-state index contributed by atoms with van der Waals surface area (Å²) in [5, 5.41) is 5.23. The third kappa shape index (κ3) is 3.86. The topological polar surface area (TPSA) is 69.6 Å². The van der Waals surface area contributed by atoms with Crippen molar-refractivity contribution in [3.8, 4) is 17.1 Å². The van der Waals surface area contributed by atoms with E-state index in [1.807, 2.05) is 36.4 Å². The van der Waals surface area contributed by atoms with E-state index in [1.54, 1.807) is 23.0 Å². The minimum Gasteiger partial charge on any atom is -0.323 e. The number of alkyl halides is 2. The van der Waals surface area contributed by atoms with Crippen LogP contribution in [0.25, 0.3) is 28.0 Å². The number of benzene rings is 1. The van der Waals surface area contributed by atoms with Gasteiger partial charge < -0.3 is 5.73 Å². The molecule has 0 unspecified atom stereocenters. The molecule has 7 heteroatoms. The van der Waals surface area contributed by atoms with Gasteiger partial charge in [-0.3, -0.25) is 4.98 Å². The first-order chi connectivity index (χ1) is 14.1. The Labute approximate surface area is 167 Å². The molecule has 0 fully saturated rings. The Morgan fingerprint density at radius 1 is 1.00 bits per heavy atom. The number of pyridine rings is 2. The van der Waals surface area contributed by atoms with Crippen molar-refractivity contribution in [2.75, 3.05) is 0 Å². The van der Waals surface area contributed by atoms with Gasteiger partial charge in [0.15, 0.2) is 5.82 Å². The van der Waals surface area contributed by atoms with Crippen LogP contribution in [0.4, 0.5) is 8.78 Å². The smallest absolute Gasteiger partial charge is 0.280 e. The molecule has 0 radical (unpaired) electrons. The van der Waals surface area contributed by atoms with E-state index >= 15 is 0 Å². The maximum absolute atomic E-state index is 13.0. The summed E-state index contributed by atoms with van der Waals surface area (Å²) < 4.78 is 27.6. The molecule has 5 nitrogen and oxygen atoms in total. The number of rotatable bonds is 6. The molecule has 0 bridgehead atoms. The number of hydrogen-bond donors (Lipinski definition) is 1. The van der Waals surface area contributed by atoms with E-state index < -0.39 is 6.43 Å². The SMILES string of the molecule is CCC[C@H](N)c1cccc(-c2ccc3cnn(-c4cccc(C(F)F)n4)c3c2)n1. The van der Waals surface area contributed by atoms with Crippen molar-refractivity contribution in [1.82, 2.24) is 19.7 Å². The van der Waals surface area contributed by atoms with Crippen LogP contribution in [0.1, 0.15) is 43.6 Å². The van der Waals surface area contributed by atoms with Gasteiger partial charge in [0.25, 0.3) is 6.43 Å². The molecule has 0 aliphatic heterocycles. The first kappa shape index (κ1) is 19.1. The van der Waals surface area contributed by atoms with Crippen molar-refractivity contribution in [3.05, 3.63) is 72.2 Å². The summed E-state index contributed by atoms with van der Waals surface area (Å²) in [6, 6.07) is 16.1. The van der Waals surface area contributed by atoms with Crippen LogP contribution in [0.2, 0.25) is 0 Å². The van der Waals surface area contributed by atoms with E-state index in [-0.39, 0.29) is 11.7 Å². The van der Waals surface area contributed by atoms with Gasteiger partial charge in [-0.05, 0) is 36.8 Å². The Morgan fingerprint density at radius 2 is 1.79 bits per heavy atom. The van der Waals surface area contributed by atoms with Crippen LogP contribution in [0.5, 0.6) is 0 Å². The quantitative estimate of drug-likeness (QED) is 0.488. The largest absolute Gasteiger partial charge is 0.323 e. The highest BCUT2D eigenvalue weighted by atomic mass is 19.3. The van der Waals surface area contributed by atoms with Crippen molar-refractivity contribution >= 4 is 10.9 Å². The molecule has 0 spiro atoms. The summed E-state index contributed by atoms with van der Waals surface area (Å²) in [6.45, 7) is 2.09. The second-order valence-electron chi connectivity index (χ2n) is 6.89. The molecule has 0 saturated carbocycles. The zero-order chi connectivity index (χ0) is 20.4. The lowest BCUT2D eigenvalue weighted by molar-refractivity contribution is 0.146. The van der Waals surface area contributed by atoms with Gasteiger partial charge >= 0.3 is 0 Å². The fraction of sp³-hybridized carbons (Fsp3) is 0.227. The second-order valence-corrected chi connectivity index (χ2v) is 6.89. The lowest BCUT2D eigenvalue weighted by Crippen LogP contribution is -2.11. The van der Waals surface area contributed by atoms with E-state index in [0.29, 0.717) is 5.82 Å². The molecule has 1 aromatic carbocycles. The predicted octanol–water partition coefficient (Wildman–Crippen LogP) is 5.22. The molecule has 148 valence electrons. The lowest BCUT2D eigenvalue weighted by atomic mass is 10.1. The van der Waals surface area contributed by atoms with Crippen LogP contribution < -0.4 is 5.73 Å². The maximum atomic E-state index is 13.0. The number of halogens is 2. The molecule has 0 aliphatic carbocycles. The molecule has 29 heavy (non-hydrogen) atoms. The highest BCUT2D eigenvalue weighted by Gasteiger charge is 2.13. The maximum Gasteiger partial charge on any atom is 0.280 e. The Morgan fingerprint density at radius 3 is 2.59 bits per heavy atom. The third-order valence-electron chi connectivity index (χ3n) is 4.81. The predicted molar refractivity (Wildman–Crippen MR) is 109 cm³/mol. The van der Waals surface area contributed by atoms with Crippen molar-refractivity contribution in [3.63, 3.8) is 0 Å².